The van der Waals surface area contributed by atoms with E-state index in [4.69, 9.17) is 0 Å². The predicted molar refractivity (Wildman–Crippen MR) is 96.1 cm³/mol. The molecule has 0 spiro atoms. The number of allylic oxidation sites excluding steroid dienone is 4. The van der Waals surface area contributed by atoms with Crippen LogP contribution in [0.4, 0.5) is 0 Å². The van der Waals surface area contributed by atoms with Gasteiger partial charge in [0.15, 0.2) is 5.78 Å². The van der Waals surface area contributed by atoms with Gasteiger partial charge in [0.25, 0.3) is 0 Å². The van der Waals surface area contributed by atoms with E-state index in [1.807, 2.05) is 13.8 Å². The molecular weight excluding hydrogens is 284 g/mol. The van der Waals surface area contributed by atoms with Crippen molar-refractivity contribution >= 4 is 5.78 Å². The largest absolute Gasteiger partial charge is 0.385 e. The van der Waals surface area contributed by atoms with E-state index in [0.717, 1.165) is 29.9 Å². The highest BCUT2D eigenvalue weighted by Crippen LogP contribution is 2.61. The zero-order valence-electron chi connectivity index (χ0n) is 15.4. The van der Waals surface area contributed by atoms with Crippen LogP contribution in [0.3, 0.4) is 0 Å². The third kappa shape index (κ3) is 4.67. The molecule has 2 nitrogen and oxygen atoms in total. The van der Waals surface area contributed by atoms with E-state index in [1.165, 1.54) is 18.4 Å². The van der Waals surface area contributed by atoms with Crippen molar-refractivity contribution in [3.05, 3.63) is 34.9 Å². The third-order valence-electron chi connectivity index (χ3n) is 5.72. The highest BCUT2D eigenvalue weighted by molar-refractivity contribution is 5.94. The molecule has 2 aliphatic rings. The maximum Gasteiger partial charge on any atom is 0.184 e. The summed E-state index contributed by atoms with van der Waals surface area (Å²) in [7, 11) is 0. The van der Waals surface area contributed by atoms with Crippen LogP contribution in [0.5, 0.6) is 0 Å². The second-order valence-electron chi connectivity index (χ2n) is 8.21. The van der Waals surface area contributed by atoms with Crippen molar-refractivity contribution in [1.29, 1.82) is 0 Å². The Kier molecular flexibility index (Phi) is 5.67. The number of fused-ring (bicyclic) bond motifs is 1. The lowest BCUT2D eigenvalue weighted by atomic mass is 10.00. The highest BCUT2D eigenvalue weighted by atomic mass is 16.3. The van der Waals surface area contributed by atoms with Gasteiger partial charge in [-0.15, -0.1) is 0 Å². The molecule has 0 radical (unpaired) electrons. The number of carbonyl (C=O) groups excluding carboxylic acids is 1. The van der Waals surface area contributed by atoms with Crippen molar-refractivity contribution in [3.8, 4) is 0 Å². The molecule has 3 unspecified atom stereocenters. The van der Waals surface area contributed by atoms with Gasteiger partial charge >= 0.3 is 0 Å². The molecule has 0 aromatic carbocycles. The van der Waals surface area contributed by atoms with Crippen LogP contribution in [0.1, 0.15) is 66.7 Å². The van der Waals surface area contributed by atoms with Crippen LogP contribution in [-0.2, 0) is 4.79 Å². The summed E-state index contributed by atoms with van der Waals surface area (Å²) in [5.41, 5.74) is 4.00. The Hall–Kier alpha value is -1.15. The molecule has 1 fully saturated rings. The molecule has 2 aliphatic carbocycles. The van der Waals surface area contributed by atoms with Gasteiger partial charge < -0.3 is 5.11 Å². The first-order valence-electron chi connectivity index (χ1n) is 8.94. The van der Waals surface area contributed by atoms with Crippen molar-refractivity contribution in [1.82, 2.24) is 0 Å². The topological polar surface area (TPSA) is 37.3 Å². The molecule has 0 heterocycles. The van der Waals surface area contributed by atoms with Crippen molar-refractivity contribution in [2.45, 2.75) is 72.8 Å². The second-order valence-corrected chi connectivity index (χ2v) is 8.21. The van der Waals surface area contributed by atoms with E-state index in [9.17, 15) is 9.90 Å². The number of aliphatic hydroxyl groups excluding tert-OH is 1. The summed E-state index contributed by atoms with van der Waals surface area (Å²) in [5.74, 6) is 1.15. The van der Waals surface area contributed by atoms with E-state index in [-0.39, 0.29) is 5.78 Å². The molecule has 2 heteroatoms. The van der Waals surface area contributed by atoms with Crippen LogP contribution >= 0.6 is 0 Å². The van der Waals surface area contributed by atoms with E-state index in [2.05, 4.69) is 32.9 Å². The second kappa shape index (κ2) is 7.17. The third-order valence-corrected chi connectivity index (χ3v) is 5.72. The average molecular weight is 316 g/mol. The van der Waals surface area contributed by atoms with Crippen LogP contribution in [0, 0.1) is 17.3 Å². The number of aliphatic hydroxyl groups is 1. The molecule has 0 amide bonds. The van der Waals surface area contributed by atoms with Crippen LogP contribution in [-0.4, -0.2) is 17.0 Å². The Labute approximate surface area is 141 Å². The Morgan fingerprint density at radius 3 is 2.48 bits per heavy atom. The molecule has 0 aromatic heterocycles. The Bertz CT molecular complexity index is 548. The molecule has 1 saturated carbocycles. The van der Waals surface area contributed by atoms with Crippen LogP contribution in [0.25, 0.3) is 0 Å². The lowest BCUT2D eigenvalue weighted by Gasteiger charge is -2.09. The fourth-order valence-electron chi connectivity index (χ4n) is 3.89. The van der Waals surface area contributed by atoms with Crippen molar-refractivity contribution in [2.75, 3.05) is 0 Å². The van der Waals surface area contributed by atoms with Gasteiger partial charge in [-0.3, -0.25) is 4.79 Å². The smallest absolute Gasteiger partial charge is 0.184 e. The minimum atomic E-state index is -0.899. The van der Waals surface area contributed by atoms with Gasteiger partial charge in [-0.25, -0.2) is 0 Å². The standard InChI is InChI=1S/C21H32O2/c1-14-7-6-8-15(2)12-19(22)20(23)13-16(3)11-18-17(10-9-14)21(18,4)5/h7,11-12,17-18,20,23H,6,8-10,13H2,1-5H3. The van der Waals surface area contributed by atoms with Gasteiger partial charge in [-0.1, -0.05) is 42.7 Å². The lowest BCUT2D eigenvalue weighted by Crippen LogP contribution is -2.18. The summed E-state index contributed by atoms with van der Waals surface area (Å²) < 4.78 is 0. The van der Waals surface area contributed by atoms with E-state index < -0.39 is 6.10 Å². The molecule has 1 N–H and O–H groups in total. The maximum absolute atomic E-state index is 12.1. The first kappa shape index (κ1) is 18.2. The van der Waals surface area contributed by atoms with Crippen molar-refractivity contribution in [2.24, 2.45) is 17.3 Å². The van der Waals surface area contributed by atoms with Gasteiger partial charge in [0.2, 0.25) is 0 Å². The zero-order chi connectivity index (χ0) is 17.2. The van der Waals surface area contributed by atoms with Crippen LogP contribution in [0.2, 0.25) is 0 Å². The maximum atomic E-state index is 12.1. The van der Waals surface area contributed by atoms with E-state index in [1.54, 1.807) is 6.08 Å². The highest BCUT2D eigenvalue weighted by Gasteiger charge is 2.55. The quantitative estimate of drug-likeness (QED) is 0.639. The summed E-state index contributed by atoms with van der Waals surface area (Å²) in [4.78, 5) is 12.1. The molecule has 128 valence electrons. The Morgan fingerprint density at radius 1 is 1.09 bits per heavy atom. The molecule has 0 aliphatic heterocycles. The lowest BCUT2D eigenvalue weighted by molar-refractivity contribution is -0.122. The molecule has 3 atom stereocenters. The van der Waals surface area contributed by atoms with Crippen LogP contribution in [0.15, 0.2) is 34.9 Å². The van der Waals surface area contributed by atoms with Gasteiger partial charge in [0, 0.05) is 6.42 Å². The number of rotatable bonds is 0. The van der Waals surface area contributed by atoms with Crippen molar-refractivity contribution in [3.63, 3.8) is 0 Å². The molecule has 0 bridgehead atoms. The number of hydrogen-bond acceptors (Lipinski definition) is 2. The fraction of sp³-hybridized carbons (Fsp3) is 0.667. The Morgan fingerprint density at radius 2 is 1.78 bits per heavy atom. The number of carbonyl (C=O) groups is 1. The van der Waals surface area contributed by atoms with Crippen LogP contribution < -0.4 is 0 Å². The molecule has 0 saturated heterocycles. The predicted octanol–water partition coefficient (Wildman–Crippen LogP) is 4.99. The average Bonchev–Trinajstić information content (AvgIpc) is 2.95. The summed E-state index contributed by atoms with van der Waals surface area (Å²) in [6.45, 7) is 10.9. The first-order chi connectivity index (χ1) is 10.7. The minimum absolute atomic E-state index is 0.155. The Balaban J connectivity index is 2.19. The summed E-state index contributed by atoms with van der Waals surface area (Å²) in [6, 6.07) is 0. The van der Waals surface area contributed by atoms with Gasteiger partial charge in [-0.05, 0) is 69.8 Å². The fourth-order valence-corrected chi connectivity index (χ4v) is 3.89. The first-order valence-corrected chi connectivity index (χ1v) is 8.94. The van der Waals surface area contributed by atoms with E-state index in [0.29, 0.717) is 17.8 Å². The van der Waals surface area contributed by atoms with Crippen molar-refractivity contribution < 1.29 is 9.90 Å². The van der Waals surface area contributed by atoms with Gasteiger partial charge in [-0.2, -0.15) is 0 Å². The number of hydrogen-bond donors (Lipinski definition) is 1. The minimum Gasteiger partial charge on any atom is -0.385 e. The monoisotopic (exact) mass is 316 g/mol. The summed E-state index contributed by atoms with van der Waals surface area (Å²) in [5, 5.41) is 10.2. The number of ketones is 1. The van der Waals surface area contributed by atoms with E-state index >= 15 is 0 Å². The van der Waals surface area contributed by atoms with Gasteiger partial charge in [0.05, 0.1) is 0 Å². The summed E-state index contributed by atoms with van der Waals surface area (Å²) >= 11 is 0. The summed E-state index contributed by atoms with van der Waals surface area (Å²) in [6.07, 6.45) is 10.1. The molecule has 2 rings (SSSR count). The normalized spacial score (nSPS) is 32.7. The molecular formula is C21H32O2. The molecule has 23 heavy (non-hydrogen) atoms. The van der Waals surface area contributed by atoms with Gasteiger partial charge in [0.1, 0.15) is 6.10 Å². The SMILES string of the molecule is CC1=CC(=O)C(O)CC(C)=CC2C(CCC(C)=CCC1)C2(C)C. The zero-order valence-corrected chi connectivity index (χ0v) is 15.4. The molecule has 0 aromatic rings.